The number of carbonyl (C=O) groups is 2. The minimum absolute atomic E-state index is 0.233. The van der Waals surface area contributed by atoms with Gasteiger partial charge in [-0.1, -0.05) is 48.2 Å². The fraction of sp³-hybridized carbons (Fsp3) is 0.176. The third-order valence-electron chi connectivity index (χ3n) is 3.59. The number of carboxylic acid groups (broad SMARTS) is 1. The first kappa shape index (κ1) is 16.2. The number of amidine groups is 1. The van der Waals surface area contributed by atoms with Crippen molar-refractivity contribution in [3.05, 3.63) is 48.0 Å². The normalized spacial score (nSPS) is 19.7. The average molecular weight is 341 g/mol. The fourth-order valence-corrected chi connectivity index (χ4v) is 3.25. The van der Waals surface area contributed by atoms with Gasteiger partial charge in [0.15, 0.2) is 5.17 Å². The predicted octanol–water partition coefficient (Wildman–Crippen LogP) is 2.63. The van der Waals surface area contributed by atoms with Gasteiger partial charge in [0, 0.05) is 0 Å². The summed E-state index contributed by atoms with van der Waals surface area (Å²) in [5.41, 5.74) is 1.65. The van der Waals surface area contributed by atoms with Crippen LogP contribution in [0.5, 0.6) is 0 Å². The molecule has 3 rings (SSSR count). The Hall–Kier alpha value is -2.67. The van der Waals surface area contributed by atoms with E-state index in [1.807, 2.05) is 49.4 Å². The second-order valence-electron chi connectivity index (χ2n) is 5.35. The van der Waals surface area contributed by atoms with Crippen molar-refractivity contribution in [2.24, 2.45) is 10.2 Å². The fourth-order valence-electron chi connectivity index (χ4n) is 2.34. The molecule has 0 saturated carbocycles. The number of carboxylic acids is 1. The highest BCUT2D eigenvalue weighted by Gasteiger charge is 2.32. The zero-order valence-corrected chi connectivity index (χ0v) is 13.7. The quantitative estimate of drug-likeness (QED) is 0.660. The zero-order valence-electron chi connectivity index (χ0n) is 12.9. The standard InChI is InChI=1S/C17H15N3O3S/c1-10(12-7-6-11-4-2-3-5-13(11)8-12)19-20-17-18-16(23)14(24-17)9-15(21)22/h2-8,14H,9H2,1H3,(H,21,22)(H,18,20,23)/t14-/m0/s1. The molecule has 0 bridgehead atoms. The summed E-state index contributed by atoms with van der Waals surface area (Å²) in [5, 5.41) is 21.4. The molecular formula is C17H15N3O3S. The van der Waals surface area contributed by atoms with E-state index >= 15 is 0 Å². The number of amides is 1. The maximum Gasteiger partial charge on any atom is 0.305 e. The molecule has 1 amide bonds. The first-order chi connectivity index (χ1) is 11.5. The first-order valence-electron chi connectivity index (χ1n) is 7.33. The van der Waals surface area contributed by atoms with E-state index in [0.717, 1.165) is 28.1 Å². The van der Waals surface area contributed by atoms with Gasteiger partial charge in [-0.25, -0.2) is 0 Å². The Bertz CT molecular complexity index is 876. The highest BCUT2D eigenvalue weighted by Crippen LogP contribution is 2.22. The number of fused-ring (bicyclic) bond motifs is 1. The summed E-state index contributed by atoms with van der Waals surface area (Å²) in [5.74, 6) is -1.36. The third-order valence-corrected chi connectivity index (χ3v) is 4.67. The second-order valence-corrected chi connectivity index (χ2v) is 6.54. The van der Waals surface area contributed by atoms with Crippen molar-refractivity contribution in [1.29, 1.82) is 0 Å². The minimum atomic E-state index is -1.01. The topological polar surface area (TPSA) is 91.1 Å². The van der Waals surface area contributed by atoms with E-state index < -0.39 is 11.2 Å². The molecule has 1 aliphatic heterocycles. The zero-order chi connectivity index (χ0) is 17.1. The summed E-state index contributed by atoms with van der Waals surface area (Å²) in [4.78, 5) is 22.4. The molecule has 1 saturated heterocycles. The summed E-state index contributed by atoms with van der Waals surface area (Å²) in [7, 11) is 0. The van der Waals surface area contributed by atoms with E-state index in [1.54, 1.807) is 0 Å². The van der Waals surface area contributed by atoms with Crippen LogP contribution in [0.1, 0.15) is 18.9 Å². The van der Waals surface area contributed by atoms with Crippen LogP contribution in [-0.2, 0) is 9.59 Å². The second kappa shape index (κ2) is 6.84. The molecule has 0 aromatic heterocycles. The SMILES string of the molecule is CC(=NN=C1NC(=O)[C@H](CC(=O)O)S1)c1ccc2ccccc2c1. The Morgan fingerprint density at radius 3 is 2.75 bits per heavy atom. The molecule has 122 valence electrons. The molecule has 2 aromatic rings. The molecule has 1 aliphatic rings. The van der Waals surface area contributed by atoms with Gasteiger partial charge >= 0.3 is 5.97 Å². The summed E-state index contributed by atoms with van der Waals surface area (Å²) >= 11 is 1.09. The van der Waals surface area contributed by atoms with Gasteiger partial charge in [-0.15, -0.1) is 5.10 Å². The Labute approximate surface area is 142 Å². The number of thioether (sulfide) groups is 1. The Morgan fingerprint density at radius 1 is 1.25 bits per heavy atom. The van der Waals surface area contributed by atoms with Gasteiger partial charge in [-0.3, -0.25) is 9.59 Å². The Kier molecular flexibility index (Phi) is 4.61. The number of nitrogens with zero attached hydrogens (tertiary/aromatic N) is 2. The highest BCUT2D eigenvalue weighted by atomic mass is 32.2. The molecule has 0 radical (unpaired) electrons. The van der Waals surface area contributed by atoms with Crippen molar-refractivity contribution < 1.29 is 14.7 Å². The van der Waals surface area contributed by atoms with Crippen molar-refractivity contribution in [1.82, 2.24) is 5.32 Å². The average Bonchev–Trinajstić information content (AvgIpc) is 2.91. The van der Waals surface area contributed by atoms with Gasteiger partial charge in [0.25, 0.3) is 0 Å². The largest absolute Gasteiger partial charge is 0.481 e. The molecule has 1 atom stereocenters. The number of carbonyl (C=O) groups excluding carboxylic acids is 1. The van der Waals surface area contributed by atoms with E-state index in [1.165, 1.54) is 0 Å². The van der Waals surface area contributed by atoms with Crippen LogP contribution in [0.25, 0.3) is 10.8 Å². The van der Waals surface area contributed by atoms with E-state index in [-0.39, 0.29) is 12.3 Å². The highest BCUT2D eigenvalue weighted by molar-refractivity contribution is 8.15. The molecule has 0 aliphatic carbocycles. The summed E-state index contributed by atoms with van der Waals surface area (Å²) in [6, 6.07) is 14.1. The molecular weight excluding hydrogens is 326 g/mol. The van der Waals surface area contributed by atoms with Gasteiger partial charge in [0.1, 0.15) is 5.25 Å². The molecule has 7 heteroatoms. The lowest BCUT2D eigenvalue weighted by molar-refractivity contribution is -0.138. The lowest BCUT2D eigenvalue weighted by atomic mass is 10.0. The number of hydrogen-bond acceptors (Lipinski definition) is 5. The molecule has 2 aromatic carbocycles. The monoisotopic (exact) mass is 341 g/mol. The van der Waals surface area contributed by atoms with Crippen molar-refractivity contribution in [2.75, 3.05) is 0 Å². The van der Waals surface area contributed by atoms with Gasteiger partial charge < -0.3 is 10.4 Å². The number of aliphatic carboxylic acids is 1. The number of hydrogen-bond donors (Lipinski definition) is 2. The molecule has 1 heterocycles. The van der Waals surface area contributed by atoms with Crippen LogP contribution in [0.3, 0.4) is 0 Å². The minimum Gasteiger partial charge on any atom is -0.481 e. The third kappa shape index (κ3) is 3.62. The van der Waals surface area contributed by atoms with Crippen LogP contribution >= 0.6 is 11.8 Å². The van der Waals surface area contributed by atoms with Crippen molar-refractivity contribution in [3.63, 3.8) is 0 Å². The van der Waals surface area contributed by atoms with Crippen LogP contribution in [0.4, 0.5) is 0 Å². The van der Waals surface area contributed by atoms with Gasteiger partial charge in [-0.2, -0.15) is 5.10 Å². The maximum absolute atomic E-state index is 11.7. The summed E-state index contributed by atoms with van der Waals surface area (Å²) < 4.78 is 0. The molecule has 24 heavy (non-hydrogen) atoms. The van der Waals surface area contributed by atoms with Crippen LogP contribution in [0.2, 0.25) is 0 Å². The van der Waals surface area contributed by atoms with Gasteiger partial charge in [-0.05, 0) is 29.3 Å². The summed E-state index contributed by atoms with van der Waals surface area (Å²) in [6.07, 6.45) is -0.233. The van der Waals surface area contributed by atoms with E-state index in [0.29, 0.717) is 10.9 Å². The Morgan fingerprint density at radius 2 is 2.00 bits per heavy atom. The van der Waals surface area contributed by atoms with Gasteiger partial charge in [0.2, 0.25) is 5.91 Å². The molecule has 1 fully saturated rings. The molecule has 2 N–H and O–H groups in total. The van der Waals surface area contributed by atoms with Crippen molar-refractivity contribution in [2.45, 2.75) is 18.6 Å². The van der Waals surface area contributed by atoms with Crippen molar-refractivity contribution >= 4 is 45.3 Å². The van der Waals surface area contributed by atoms with E-state index in [9.17, 15) is 9.59 Å². The van der Waals surface area contributed by atoms with Crippen LogP contribution in [0, 0.1) is 0 Å². The lowest BCUT2D eigenvalue weighted by Crippen LogP contribution is -2.26. The number of nitrogens with one attached hydrogen (secondary N) is 1. The maximum atomic E-state index is 11.7. The smallest absolute Gasteiger partial charge is 0.305 e. The van der Waals surface area contributed by atoms with E-state index in [2.05, 4.69) is 15.5 Å². The number of rotatable bonds is 4. The number of benzene rings is 2. The van der Waals surface area contributed by atoms with Gasteiger partial charge in [0.05, 0.1) is 12.1 Å². The van der Waals surface area contributed by atoms with E-state index in [4.69, 9.17) is 5.11 Å². The molecule has 6 nitrogen and oxygen atoms in total. The first-order valence-corrected chi connectivity index (χ1v) is 8.21. The van der Waals surface area contributed by atoms with Crippen molar-refractivity contribution in [3.8, 4) is 0 Å². The molecule has 0 spiro atoms. The van der Waals surface area contributed by atoms with Crippen LogP contribution in [-0.4, -0.2) is 33.1 Å². The van der Waals surface area contributed by atoms with Crippen LogP contribution < -0.4 is 5.32 Å². The lowest BCUT2D eigenvalue weighted by Gasteiger charge is -2.02. The van der Waals surface area contributed by atoms with Crippen LogP contribution in [0.15, 0.2) is 52.7 Å². The Balaban J connectivity index is 1.78. The predicted molar refractivity (Wildman–Crippen MR) is 95.4 cm³/mol. The summed E-state index contributed by atoms with van der Waals surface area (Å²) in [6.45, 7) is 1.84. The molecule has 0 unspecified atom stereocenters.